The van der Waals surface area contributed by atoms with Gasteiger partial charge in [-0.05, 0) is 55.3 Å². The first-order valence-electron chi connectivity index (χ1n) is 11.9. The second kappa shape index (κ2) is 10.9. The Morgan fingerprint density at radius 2 is 1.58 bits per heavy atom. The van der Waals surface area contributed by atoms with Crippen LogP contribution in [0.2, 0.25) is 0 Å². The maximum Gasteiger partial charge on any atom is 0.417 e. The molecule has 1 heterocycles. The van der Waals surface area contributed by atoms with Crippen LogP contribution < -0.4 is 4.90 Å². The van der Waals surface area contributed by atoms with Crippen molar-refractivity contribution in [3.63, 3.8) is 0 Å². The Balaban J connectivity index is 1.48. The Bertz CT molecular complexity index is 1360. The molecule has 0 atom stereocenters. The van der Waals surface area contributed by atoms with E-state index in [4.69, 9.17) is 0 Å². The molecule has 0 unspecified atom stereocenters. The predicted octanol–water partition coefficient (Wildman–Crippen LogP) is 5.84. The van der Waals surface area contributed by atoms with Gasteiger partial charge in [-0.2, -0.15) is 18.4 Å². The van der Waals surface area contributed by atoms with Gasteiger partial charge >= 0.3 is 6.18 Å². The molecule has 3 aromatic carbocycles. The molecule has 4 rings (SSSR count). The highest BCUT2D eigenvalue weighted by atomic mass is 19.4. The molecular weight excluding hydrogens is 500 g/mol. The molecule has 1 aliphatic heterocycles. The van der Waals surface area contributed by atoms with E-state index < -0.39 is 35.1 Å². The number of nitrogens with zero attached hydrogens (tertiary/aromatic N) is 4. The normalized spacial score (nSPS) is 14.1. The van der Waals surface area contributed by atoms with E-state index in [0.29, 0.717) is 35.8 Å². The average Bonchev–Trinajstić information content (AvgIpc) is 2.93. The maximum absolute atomic E-state index is 13.5. The molecule has 0 bridgehead atoms. The van der Waals surface area contributed by atoms with Crippen molar-refractivity contribution in [3.8, 4) is 6.19 Å². The van der Waals surface area contributed by atoms with Crippen molar-refractivity contribution < 1.29 is 27.2 Å². The van der Waals surface area contributed by atoms with Crippen LogP contribution in [0.4, 0.5) is 28.9 Å². The summed E-state index contributed by atoms with van der Waals surface area (Å²) in [5.41, 5.74) is -0.572. The molecule has 10 heteroatoms. The number of piperidine rings is 1. The fourth-order valence-corrected chi connectivity index (χ4v) is 4.60. The average molecular weight is 525 g/mol. The molecule has 0 aliphatic carbocycles. The van der Waals surface area contributed by atoms with Gasteiger partial charge in [0.15, 0.2) is 6.19 Å². The number of carbonyl (C=O) groups excluding carboxylic acids is 2. The lowest BCUT2D eigenvalue weighted by molar-refractivity contribution is -0.138. The number of benzene rings is 3. The highest BCUT2D eigenvalue weighted by Gasteiger charge is 2.38. The summed E-state index contributed by atoms with van der Waals surface area (Å²) in [6.45, 7) is 0.534. The monoisotopic (exact) mass is 524 g/mol. The zero-order chi connectivity index (χ0) is 27.4. The lowest BCUT2D eigenvalue weighted by Crippen LogP contribution is -2.47. The van der Waals surface area contributed by atoms with Crippen molar-refractivity contribution in [2.45, 2.75) is 25.1 Å². The maximum atomic E-state index is 13.5. The van der Waals surface area contributed by atoms with E-state index in [2.05, 4.69) is 6.19 Å². The molecule has 0 saturated carbocycles. The highest BCUT2D eigenvalue weighted by Crippen LogP contribution is 2.34. The third kappa shape index (κ3) is 5.47. The van der Waals surface area contributed by atoms with Crippen LogP contribution in [0, 0.1) is 17.3 Å². The van der Waals surface area contributed by atoms with Crippen LogP contribution in [-0.4, -0.2) is 47.8 Å². The Labute approximate surface area is 217 Å². The fraction of sp³-hybridized carbons (Fsp3) is 0.250. The van der Waals surface area contributed by atoms with Crippen molar-refractivity contribution in [2.24, 2.45) is 0 Å². The first kappa shape index (κ1) is 26.7. The number of alkyl halides is 3. The second-order valence-electron chi connectivity index (χ2n) is 8.92. The van der Waals surface area contributed by atoms with E-state index in [1.54, 1.807) is 53.4 Å². The van der Waals surface area contributed by atoms with Gasteiger partial charge in [0.25, 0.3) is 11.8 Å². The number of nitriles is 1. The third-order valence-electron chi connectivity index (χ3n) is 6.63. The standard InChI is InChI=1S/C28H24F4N4O2/c1-34(26(37)22-12-11-19(29)17-24(22)28(30,31)32)20-13-15-35(16-14-20)27(38)23-9-5-6-10-25(23)36(18-33)21-7-3-2-4-8-21/h2-12,17,20H,13-16H2,1H3. The third-order valence-corrected chi connectivity index (χ3v) is 6.63. The molecule has 2 amide bonds. The SMILES string of the molecule is CN(C(=O)c1ccc(F)cc1C(F)(F)F)C1CCN(C(=O)c2ccccc2N(C#N)c2ccccc2)CC1. The zero-order valence-electron chi connectivity index (χ0n) is 20.5. The molecule has 38 heavy (non-hydrogen) atoms. The number of amides is 2. The summed E-state index contributed by atoms with van der Waals surface area (Å²) >= 11 is 0. The molecular formula is C28H24F4N4O2. The van der Waals surface area contributed by atoms with Gasteiger partial charge in [-0.25, -0.2) is 9.29 Å². The quantitative estimate of drug-likeness (QED) is 0.239. The van der Waals surface area contributed by atoms with Crippen molar-refractivity contribution >= 4 is 23.2 Å². The summed E-state index contributed by atoms with van der Waals surface area (Å²) in [6.07, 6.45) is -2.07. The number of para-hydroxylation sites is 2. The van der Waals surface area contributed by atoms with Crippen LogP contribution in [0.3, 0.4) is 0 Å². The molecule has 0 N–H and O–H groups in total. The lowest BCUT2D eigenvalue weighted by atomic mass is 9.99. The fourth-order valence-electron chi connectivity index (χ4n) is 4.60. The summed E-state index contributed by atoms with van der Waals surface area (Å²) in [5, 5.41) is 9.80. The molecule has 1 saturated heterocycles. The number of hydrogen-bond donors (Lipinski definition) is 0. The molecule has 0 radical (unpaired) electrons. The van der Waals surface area contributed by atoms with Crippen LogP contribution in [0.1, 0.15) is 39.1 Å². The van der Waals surface area contributed by atoms with E-state index in [0.717, 1.165) is 12.1 Å². The van der Waals surface area contributed by atoms with Gasteiger partial charge in [0, 0.05) is 26.2 Å². The minimum absolute atomic E-state index is 0.267. The smallest absolute Gasteiger partial charge is 0.339 e. The molecule has 3 aromatic rings. The van der Waals surface area contributed by atoms with Gasteiger partial charge in [-0.3, -0.25) is 9.59 Å². The van der Waals surface area contributed by atoms with Gasteiger partial charge in [0.2, 0.25) is 0 Å². The van der Waals surface area contributed by atoms with Crippen molar-refractivity contribution in [1.29, 1.82) is 5.26 Å². The van der Waals surface area contributed by atoms with Crippen LogP contribution in [-0.2, 0) is 6.18 Å². The molecule has 0 spiro atoms. The van der Waals surface area contributed by atoms with E-state index >= 15 is 0 Å². The number of hydrogen-bond acceptors (Lipinski definition) is 4. The Hall–Kier alpha value is -4.39. The Morgan fingerprint density at radius 3 is 2.21 bits per heavy atom. The first-order valence-corrected chi connectivity index (χ1v) is 11.9. The van der Waals surface area contributed by atoms with Gasteiger partial charge in [0.1, 0.15) is 5.82 Å². The van der Waals surface area contributed by atoms with Crippen LogP contribution in [0.15, 0.2) is 72.8 Å². The lowest BCUT2D eigenvalue weighted by Gasteiger charge is -2.37. The number of rotatable bonds is 5. The van der Waals surface area contributed by atoms with E-state index in [-0.39, 0.29) is 19.0 Å². The number of carbonyl (C=O) groups is 2. The summed E-state index contributed by atoms with van der Waals surface area (Å²) in [6, 6.07) is 17.3. The molecule has 1 fully saturated rings. The number of likely N-dealkylation sites (tertiary alicyclic amines) is 1. The van der Waals surface area contributed by atoms with Gasteiger partial charge < -0.3 is 9.80 Å². The topological polar surface area (TPSA) is 67.7 Å². The summed E-state index contributed by atoms with van der Waals surface area (Å²) in [4.78, 5) is 30.6. The summed E-state index contributed by atoms with van der Waals surface area (Å²) in [5.74, 6) is -2.23. The van der Waals surface area contributed by atoms with E-state index in [1.165, 1.54) is 16.8 Å². The zero-order valence-corrected chi connectivity index (χ0v) is 20.5. The van der Waals surface area contributed by atoms with Crippen molar-refractivity contribution in [2.75, 3.05) is 25.0 Å². The van der Waals surface area contributed by atoms with Gasteiger partial charge in [-0.1, -0.05) is 30.3 Å². The van der Waals surface area contributed by atoms with Gasteiger partial charge in [-0.15, -0.1) is 0 Å². The number of halogens is 4. The largest absolute Gasteiger partial charge is 0.417 e. The minimum atomic E-state index is -4.88. The van der Waals surface area contributed by atoms with Crippen molar-refractivity contribution in [1.82, 2.24) is 9.80 Å². The molecule has 0 aromatic heterocycles. The minimum Gasteiger partial charge on any atom is -0.339 e. The van der Waals surface area contributed by atoms with Crippen LogP contribution in [0.5, 0.6) is 0 Å². The van der Waals surface area contributed by atoms with E-state index in [1.807, 2.05) is 6.07 Å². The highest BCUT2D eigenvalue weighted by molar-refractivity contribution is 6.01. The number of anilines is 2. The summed E-state index contributed by atoms with van der Waals surface area (Å²) < 4.78 is 53.7. The Morgan fingerprint density at radius 1 is 0.947 bits per heavy atom. The molecule has 6 nitrogen and oxygen atoms in total. The van der Waals surface area contributed by atoms with Crippen LogP contribution in [0.25, 0.3) is 0 Å². The Kier molecular flexibility index (Phi) is 7.67. The second-order valence-corrected chi connectivity index (χ2v) is 8.92. The predicted molar refractivity (Wildman–Crippen MR) is 133 cm³/mol. The van der Waals surface area contributed by atoms with Gasteiger partial charge in [0.05, 0.1) is 28.1 Å². The van der Waals surface area contributed by atoms with Crippen LogP contribution >= 0.6 is 0 Å². The van der Waals surface area contributed by atoms with E-state index in [9.17, 15) is 32.4 Å². The molecule has 1 aliphatic rings. The molecule has 196 valence electrons. The summed E-state index contributed by atoms with van der Waals surface area (Å²) in [7, 11) is 1.41. The van der Waals surface area contributed by atoms with Crippen molar-refractivity contribution in [3.05, 3.63) is 95.3 Å². The first-order chi connectivity index (χ1) is 18.1.